The predicted octanol–water partition coefficient (Wildman–Crippen LogP) is 4.60. The third-order valence-corrected chi connectivity index (χ3v) is 7.12. The van der Waals surface area contributed by atoms with Crippen molar-refractivity contribution in [3.05, 3.63) is 51.8 Å². The van der Waals surface area contributed by atoms with Gasteiger partial charge in [-0.1, -0.05) is 17.7 Å². The van der Waals surface area contributed by atoms with E-state index >= 15 is 0 Å². The van der Waals surface area contributed by atoms with Crippen molar-refractivity contribution in [2.24, 2.45) is 5.92 Å². The maximum absolute atomic E-state index is 13.3. The summed E-state index contributed by atoms with van der Waals surface area (Å²) in [6, 6.07) is 7.48. The van der Waals surface area contributed by atoms with Gasteiger partial charge in [-0.3, -0.25) is 4.79 Å². The Kier molecular flexibility index (Phi) is 6.41. The van der Waals surface area contributed by atoms with Crippen LogP contribution in [0, 0.1) is 33.6 Å². The van der Waals surface area contributed by atoms with Crippen molar-refractivity contribution in [2.45, 2.75) is 40.5 Å². The topological polar surface area (TPSA) is 87.2 Å². The molecule has 7 nitrogen and oxygen atoms in total. The summed E-state index contributed by atoms with van der Waals surface area (Å²) in [5.41, 5.74) is 3.79. The zero-order valence-corrected chi connectivity index (χ0v) is 19.8. The summed E-state index contributed by atoms with van der Waals surface area (Å²) < 4.78 is 0. The van der Waals surface area contributed by atoms with Crippen molar-refractivity contribution < 1.29 is 9.59 Å². The van der Waals surface area contributed by atoms with Crippen LogP contribution in [-0.4, -0.2) is 46.4 Å². The molecule has 8 heteroatoms. The average Bonchev–Trinajstić information content (AvgIpc) is 3.10. The number of aryl methyl sites for hydroxylation is 4. The maximum Gasteiger partial charge on any atom is 0.319 e. The Hall–Kier alpha value is -3.00. The molecule has 0 radical (unpaired) electrons. The van der Waals surface area contributed by atoms with Crippen LogP contribution in [0.3, 0.4) is 0 Å². The van der Waals surface area contributed by atoms with Gasteiger partial charge in [0.05, 0.1) is 4.88 Å². The lowest BCUT2D eigenvalue weighted by molar-refractivity contribution is 0.0679. The number of aromatic nitrogens is 2. The Morgan fingerprint density at radius 2 is 1.88 bits per heavy atom. The average molecular weight is 452 g/mol. The van der Waals surface area contributed by atoms with E-state index in [-0.39, 0.29) is 17.9 Å². The minimum absolute atomic E-state index is 0.0522. The van der Waals surface area contributed by atoms with Gasteiger partial charge in [-0.05, 0) is 64.2 Å². The number of anilines is 1. The van der Waals surface area contributed by atoms with Gasteiger partial charge in [-0.15, -0.1) is 11.3 Å². The molecule has 0 spiro atoms. The summed E-state index contributed by atoms with van der Waals surface area (Å²) in [5, 5.41) is 6.81. The summed E-state index contributed by atoms with van der Waals surface area (Å²) in [5.74, 6) is 1.01. The molecule has 0 saturated carbocycles. The van der Waals surface area contributed by atoms with Crippen LogP contribution < -0.4 is 10.6 Å². The Balaban J connectivity index is 1.38. The van der Waals surface area contributed by atoms with Crippen molar-refractivity contribution in [1.82, 2.24) is 20.2 Å². The van der Waals surface area contributed by atoms with E-state index in [1.807, 2.05) is 56.9 Å². The van der Waals surface area contributed by atoms with Crippen LogP contribution in [0.25, 0.3) is 10.2 Å². The number of benzene rings is 1. The predicted molar refractivity (Wildman–Crippen MR) is 128 cm³/mol. The molecule has 1 aromatic carbocycles. The van der Waals surface area contributed by atoms with E-state index in [0.29, 0.717) is 13.1 Å². The van der Waals surface area contributed by atoms with Gasteiger partial charge in [-0.25, -0.2) is 14.8 Å². The number of rotatable bonds is 4. The van der Waals surface area contributed by atoms with Crippen molar-refractivity contribution in [3.8, 4) is 0 Å². The fourth-order valence-corrected chi connectivity index (χ4v) is 5.53. The molecule has 3 heterocycles. The fraction of sp³-hybridized carbons (Fsp3) is 0.417. The van der Waals surface area contributed by atoms with Crippen molar-refractivity contribution in [2.75, 3.05) is 25.0 Å². The minimum Gasteiger partial charge on any atom is -0.338 e. The van der Waals surface area contributed by atoms with Gasteiger partial charge in [0.2, 0.25) is 0 Å². The van der Waals surface area contributed by atoms with E-state index in [4.69, 9.17) is 0 Å². The van der Waals surface area contributed by atoms with Crippen LogP contribution in [0.15, 0.2) is 24.3 Å². The van der Waals surface area contributed by atoms with Crippen LogP contribution >= 0.6 is 11.3 Å². The van der Waals surface area contributed by atoms with Crippen LogP contribution in [0.4, 0.5) is 10.5 Å². The molecule has 1 unspecified atom stereocenters. The minimum atomic E-state index is -0.220. The molecule has 1 aliphatic rings. The molecule has 168 valence electrons. The maximum atomic E-state index is 13.3. The molecule has 0 aliphatic carbocycles. The molecule has 0 bridgehead atoms. The number of nitrogens with zero attached hydrogens (tertiary/aromatic N) is 3. The molecule has 1 aliphatic heterocycles. The lowest BCUT2D eigenvalue weighted by Gasteiger charge is -2.32. The second kappa shape index (κ2) is 9.24. The zero-order chi connectivity index (χ0) is 22.8. The van der Waals surface area contributed by atoms with E-state index in [9.17, 15) is 9.59 Å². The third kappa shape index (κ3) is 4.75. The number of amides is 3. The first-order chi connectivity index (χ1) is 15.3. The number of thiophene rings is 1. The summed E-state index contributed by atoms with van der Waals surface area (Å²) in [7, 11) is 0. The van der Waals surface area contributed by atoms with Crippen molar-refractivity contribution in [1.29, 1.82) is 0 Å². The lowest BCUT2D eigenvalue weighted by Crippen LogP contribution is -2.44. The van der Waals surface area contributed by atoms with Gasteiger partial charge < -0.3 is 15.5 Å². The first-order valence-corrected chi connectivity index (χ1v) is 11.8. The van der Waals surface area contributed by atoms with E-state index < -0.39 is 0 Å². The van der Waals surface area contributed by atoms with Crippen LogP contribution in [0.2, 0.25) is 0 Å². The molecular formula is C24H29N5O2S. The number of urea groups is 1. The summed E-state index contributed by atoms with van der Waals surface area (Å²) in [6.07, 6.45) is 1.92. The Morgan fingerprint density at radius 3 is 2.62 bits per heavy atom. The lowest BCUT2D eigenvalue weighted by atomic mass is 9.97. The normalized spacial score (nSPS) is 16.2. The van der Waals surface area contributed by atoms with Crippen LogP contribution in [0.1, 0.15) is 45.2 Å². The largest absolute Gasteiger partial charge is 0.338 e. The second-order valence-electron chi connectivity index (χ2n) is 8.55. The first kappa shape index (κ1) is 22.2. The van der Waals surface area contributed by atoms with E-state index in [2.05, 4.69) is 20.6 Å². The molecule has 2 N–H and O–H groups in total. The third-order valence-electron chi connectivity index (χ3n) is 5.94. The van der Waals surface area contributed by atoms with Crippen LogP contribution in [0.5, 0.6) is 0 Å². The Morgan fingerprint density at radius 1 is 1.12 bits per heavy atom. The Bertz CT molecular complexity index is 1160. The van der Waals surface area contributed by atoms with E-state index in [1.54, 1.807) is 0 Å². The van der Waals surface area contributed by atoms with Gasteiger partial charge in [0.15, 0.2) is 0 Å². The molecule has 3 aromatic rings. The second-order valence-corrected chi connectivity index (χ2v) is 9.55. The highest BCUT2D eigenvalue weighted by molar-refractivity contribution is 7.20. The molecule has 1 saturated heterocycles. The number of carbonyl (C=O) groups excluding carboxylic acids is 2. The fourth-order valence-electron chi connectivity index (χ4n) is 4.29. The standard InChI is InChI=1S/C24H29N5O2S/c1-14-7-9-19(10-8-14)28-24(31)25-12-18-6-5-11-29(13-18)23(30)21-15(2)20-16(3)26-17(4)27-22(20)32-21/h7-10,18H,5-6,11-13H2,1-4H3,(H2,25,28,31). The smallest absolute Gasteiger partial charge is 0.319 e. The molecule has 1 atom stereocenters. The highest BCUT2D eigenvalue weighted by Crippen LogP contribution is 2.33. The molecule has 3 amide bonds. The number of carbonyl (C=O) groups is 2. The van der Waals surface area contributed by atoms with Gasteiger partial charge in [0, 0.05) is 36.4 Å². The highest BCUT2D eigenvalue weighted by atomic mass is 32.1. The number of hydrogen-bond donors (Lipinski definition) is 2. The number of nitrogens with one attached hydrogen (secondary N) is 2. The SMILES string of the molecule is Cc1ccc(NC(=O)NCC2CCCN(C(=O)c3sc4nc(C)nc(C)c4c3C)C2)cc1. The summed E-state index contributed by atoms with van der Waals surface area (Å²) in [6.45, 7) is 9.75. The number of piperidine rings is 1. The van der Waals surface area contributed by atoms with Gasteiger partial charge in [-0.2, -0.15) is 0 Å². The molecular weight excluding hydrogens is 422 g/mol. The molecule has 2 aromatic heterocycles. The monoisotopic (exact) mass is 451 g/mol. The van der Waals surface area contributed by atoms with E-state index in [1.165, 1.54) is 11.3 Å². The van der Waals surface area contributed by atoms with Crippen LogP contribution in [-0.2, 0) is 0 Å². The summed E-state index contributed by atoms with van der Waals surface area (Å²) in [4.78, 5) is 38.1. The van der Waals surface area contributed by atoms with Gasteiger partial charge in [0.1, 0.15) is 10.7 Å². The zero-order valence-electron chi connectivity index (χ0n) is 19.0. The van der Waals surface area contributed by atoms with E-state index in [0.717, 1.165) is 62.8 Å². The number of fused-ring (bicyclic) bond motifs is 1. The van der Waals surface area contributed by atoms with Crippen molar-refractivity contribution >= 4 is 39.2 Å². The van der Waals surface area contributed by atoms with Crippen molar-refractivity contribution in [3.63, 3.8) is 0 Å². The number of hydrogen-bond acceptors (Lipinski definition) is 5. The van der Waals surface area contributed by atoms with Gasteiger partial charge >= 0.3 is 6.03 Å². The molecule has 4 rings (SSSR count). The summed E-state index contributed by atoms with van der Waals surface area (Å²) >= 11 is 1.45. The quantitative estimate of drug-likeness (QED) is 0.607. The highest BCUT2D eigenvalue weighted by Gasteiger charge is 2.28. The van der Waals surface area contributed by atoms with Gasteiger partial charge in [0.25, 0.3) is 5.91 Å². The molecule has 1 fully saturated rings. The molecule has 32 heavy (non-hydrogen) atoms. The first-order valence-electron chi connectivity index (χ1n) is 11.0. The Labute approximate surface area is 192 Å². The number of likely N-dealkylation sites (tertiary alicyclic amines) is 1.